The second-order valence-electron chi connectivity index (χ2n) is 7.79. The van der Waals surface area contributed by atoms with Crippen molar-refractivity contribution in [2.24, 2.45) is 0 Å². The SMILES string of the molecule is Cc1cc(Cl)ccc1Oc1cc(NC(=O)c2ccc(COc3c(F)c(F)cc(F)c3F)o2)cc([N+](=O)[O-])c1. The van der Waals surface area contributed by atoms with Gasteiger partial charge >= 0.3 is 0 Å². The van der Waals surface area contributed by atoms with E-state index in [-0.39, 0.29) is 34.7 Å². The van der Waals surface area contributed by atoms with Gasteiger partial charge in [0.2, 0.25) is 11.6 Å². The highest BCUT2D eigenvalue weighted by Crippen LogP contribution is 2.33. The van der Waals surface area contributed by atoms with Gasteiger partial charge in [0.15, 0.2) is 23.1 Å². The summed E-state index contributed by atoms with van der Waals surface area (Å²) in [5, 5.41) is 14.3. The highest BCUT2D eigenvalue weighted by Gasteiger charge is 2.22. The molecule has 0 saturated carbocycles. The number of nitro benzene ring substituents is 1. The zero-order valence-corrected chi connectivity index (χ0v) is 19.9. The molecule has 0 spiro atoms. The molecule has 1 heterocycles. The Balaban J connectivity index is 1.50. The van der Waals surface area contributed by atoms with Gasteiger partial charge < -0.3 is 19.2 Å². The van der Waals surface area contributed by atoms with Crippen LogP contribution in [-0.2, 0) is 6.61 Å². The van der Waals surface area contributed by atoms with Crippen molar-refractivity contribution in [3.05, 3.63) is 110 Å². The number of benzene rings is 3. The van der Waals surface area contributed by atoms with Crippen LogP contribution in [0.15, 0.2) is 59.0 Å². The van der Waals surface area contributed by atoms with Crippen LogP contribution < -0.4 is 14.8 Å². The molecule has 0 atom stereocenters. The van der Waals surface area contributed by atoms with E-state index in [4.69, 9.17) is 25.5 Å². The van der Waals surface area contributed by atoms with Crippen molar-refractivity contribution in [2.75, 3.05) is 5.32 Å². The van der Waals surface area contributed by atoms with Crippen LogP contribution in [0.3, 0.4) is 0 Å². The Bertz CT molecular complexity index is 1530. The summed E-state index contributed by atoms with van der Waals surface area (Å²) in [7, 11) is 0. The summed E-state index contributed by atoms with van der Waals surface area (Å²) in [6.07, 6.45) is 0. The zero-order valence-electron chi connectivity index (χ0n) is 19.2. The van der Waals surface area contributed by atoms with Crippen LogP contribution in [-0.4, -0.2) is 10.8 Å². The molecule has 0 saturated heterocycles. The van der Waals surface area contributed by atoms with Crippen molar-refractivity contribution in [2.45, 2.75) is 13.5 Å². The first-order chi connectivity index (χ1) is 18.0. The Morgan fingerprint density at radius 1 is 1.03 bits per heavy atom. The maximum absolute atomic E-state index is 13.8. The number of amides is 1. The summed E-state index contributed by atoms with van der Waals surface area (Å²) < 4.78 is 70.0. The topological polar surface area (TPSA) is 104 Å². The van der Waals surface area contributed by atoms with Crippen molar-refractivity contribution in [1.82, 2.24) is 0 Å². The van der Waals surface area contributed by atoms with Gasteiger partial charge in [0.25, 0.3) is 11.6 Å². The number of nitrogens with zero attached hydrogens (tertiary/aromatic N) is 1. The number of hydrogen-bond acceptors (Lipinski definition) is 6. The van der Waals surface area contributed by atoms with Gasteiger partial charge in [-0.15, -0.1) is 0 Å². The van der Waals surface area contributed by atoms with Crippen LogP contribution in [0.5, 0.6) is 17.2 Å². The summed E-state index contributed by atoms with van der Waals surface area (Å²) in [6, 6.07) is 10.9. The number of nitrogens with one attached hydrogen (secondary N) is 1. The number of ether oxygens (including phenoxy) is 2. The van der Waals surface area contributed by atoms with Gasteiger partial charge in [-0.2, -0.15) is 8.78 Å². The molecule has 0 radical (unpaired) electrons. The number of rotatable bonds is 8. The van der Waals surface area contributed by atoms with E-state index in [1.165, 1.54) is 24.3 Å². The molecular formula is C25H15ClF4N2O6. The third kappa shape index (κ3) is 5.86. The lowest BCUT2D eigenvalue weighted by molar-refractivity contribution is -0.384. The van der Waals surface area contributed by atoms with Crippen LogP contribution in [0, 0.1) is 40.3 Å². The lowest BCUT2D eigenvalue weighted by Crippen LogP contribution is -2.11. The summed E-state index contributed by atoms with van der Waals surface area (Å²) in [6.45, 7) is 1.06. The van der Waals surface area contributed by atoms with E-state index in [1.54, 1.807) is 25.1 Å². The monoisotopic (exact) mass is 550 g/mol. The summed E-state index contributed by atoms with van der Waals surface area (Å²) in [4.78, 5) is 23.4. The molecule has 8 nitrogen and oxygen atoms in total. The number of carbonyl (C=O) groups excluding carboxylic acids is 1. The second kappa shape index (κ2) is 10.8. The van der Waals surface area contributed by atoms with Gasteiger partial charge in [0.05, 0.1) is 16.7 Å². The van der Waals surface area contributed by atoms with Crippen LogP contribution in [0.4, 0.5) is 28.9 Å². The average Bonchev–Trinajstić information content (AvgIpc) is 3.34. The minimum Gasteiger partial charge on any atom is -0.479 e. The molecule has 0 aliphatic heterocycles. The number of nitro groups is 1. The van der Waals surface area contributed by atoms with Gasteiger partial charge in [0, 0.05) is 23.2 Å². The second-order valence-corrected chi connectivity index (χ2v) is 8.23. The predicted molar refractivity (Wildman–Crippen MR) is 127 cm³/mol. The lowest BCUT2D eigenvalue weighted by atomic mass is 10.2. The fraction of sp³-hybridized carbons (Fsp3) is 0.0800. The minimum absolute atomic E-state index is 0.000560. The van der Waals surface area contributed by atoms with E-state index in [2.05, 4.69) is 5.32 Å². The molecule has 0 aliphatic carbocycles. The quantitative estimate of drug-likeness (QED) is 0.107. The van der Waals surface area contributed by atoms with Crippen LogP contribution in [0.25, 0.3) is 0 Å². The number of hydrogen-bond donors (Lipinski definition) is 1. The zero-order chi connectivity index (χ0) is 27.6. The smallest absolute Gasteiger partial charge is 0.291 e. The summed E-state index contributed by atoms with van der Waals surface area (Å²) in [5.74, 6) is -8.85. The molecular weight excluding hydrogens is 536 g/mol. The lowest BCUT2D eigenvalue weighted by Gasteiger charge is -2.11. The first kappa shape index (κ1) is 26.5. The van der Waals surface area contributed by atoms with Crippen LogP contribution in [0.2, 0.25) is 5.02 Å². The highest BCUT2D eigenvalue weighted by molar-refractivity contribution is 6.30. The molecule has 0 unspecified atom stereocenters. The Morgan fingerprint density at radius 3 is 2.39 bits per heavy atom. The van der Waals surface area contributed by atoms with E-state index >= 15 is 0 Å². The Kier molecular flexibility index (Phi) is 7.53. The van der Waals surface area contributed by atoms with Crippen molar-refractivity contribution in [1.29, 1.82) is 0 Å². The largest absolute Gasteiger partial charge is 0.479 e. The first-order valence-corrected chi connectivity index (χ1v) is 11.0. The molecule has 196 valence electrons. The first-order valence-electron chi connectivity index (χ1n) is 10.6. The van der Waals surface area contributed by atoms with Gasteiger partial charge in [-0.3, -0.25) is 14.9 Å². The molecule has 4 aromatic rings. The van der Waals surface area contributed by atoms with Crippen molar-refractivity contribution >= 4 is 28.9 Å². The number of anilines is 1. The summed E-state index contributed by atoms with van der Waals surface area (Å²) in [5.41, 5.74) is 0.296. The maximum Gasteiger partial charge on any atom is 0.291 e. The molecule has 13 heteroatoms. The molecule has 4 rings (SSSR count). The van der Waals surface area contributed by atoms with Crippen LogP contribution >= 0.6 is 11.6 Å². The highest BCUT2D eigenvalue weighted by atomic mass is 35.5. The van der Waals surface area contributed by atoms with Gasteiger partial charge in [-0.25, -0.2) is 8.78 Å². The molecule has 38 heavy (non-hydrogen) atoms. The van der Waals surface area contributed by atoms with E-state index in [1.807, 2.05) is 0 Å². The van der Waals surface area contributed by atoms with Crippen molar-refractivity contribution in [3.8, 4) is 17.2 Å². The fourth-order valence-electron chi connectivity index (χ4n) is 3.27. The number of aryl methyl sites for hydroxylation is 1. The number of furan rings is 1. The molecule has 1 amide bonds. The van der Waals surface area contributed by atoms with Crippen molar-refractivity contribution in [3.63, 3.8) is 0 Å². The average molecular weight is 551 g/mol. The molecule has 0 aliphatic rings. The molecule has 0 fully saturated rings. The van der Waals surface area contributed by atoms with E-state index in [9.17, 15) is 32.5 Å². The van der Waals surface area contributed by atoms with Gasteiger partial charge in [-0.05, 0) is 42.8 Å². The summed E-state index contributed by atoms with van der Waals surface area (Å²) >= 11 is 5.93. The molecule has 1 N–H and O–H groups in total. The number of non-ortho nitro benzene ring substituents is 1. The molecule has 3 aromatic carbocycles. The predicted octanol–water partition coefficient (Wildman–Crippen LogP) is 7.33. The van der Waals surface area contributed by atoms with E-state index in [0.717, 1.165) is 6.07 Å². The normalized spacial score (nSPS) is 10.8. The van der Waals surface area contributed by atoms with Gasteiger partial charge in [0.1, 0.15) is 23.9 Å². The fourth-order valence-corrected chi connectivity index (χ4v) is 3.49. The Hall–Kier alpha value is -4.58. The maximum atomic E-state index is 13.8. The Labute approximate surface area is 216 Å². The Morgan fingerprint density at radius 2 is 1.74 bits per heavy atom. The standard InChI is InChI=1S/C25H15ClF4N2O6/c1-12-6-13(26)2-4-20(12)38-17-8-14(7-15(9-17)32(34)35)31-25(33)21-5-3-16(37-21)11-36-24-22(29)18(27)10-19(28)23(24)30/h2-10H,11H2,1H3,(H,31,33). The minimum atomic E-state index is -1.73. The third-order valence-corrected chi connectivity index (χ3v) is 5.28. The number of halogens is 5. The van der Waals surface area contributed by atoms with Gasteiger partial charge in [-0.1, -0.05) is 11.6 Å². The number of carbonyl (C=O) groups is 1. The van der Waals surface area contributed by atoms with Crippen LogP contribution in [0.1, 0.15) is 21.9 Å². The van der Waals surface area contributed by atoms with Crippen molar-refractivity contribution < 1.29 is 41.2 Å². The third-order valence-electron chi connectivity index (χ3n) is 5.04. The molecule has 0 bridgehead atoms. The van der Waals surface area contributed by atoms with E-state index in [0.29, 0.717) is 16.3 Å². The molecule has 1 aromatic heterocycles. The van der Waals surface area contributed by atoms with E-state index < -0.39 is 46.5 Å².